The lowest BCUT2D eigenvalue weighted by Gasteiger charge is -2.32. The van der Waals surface area contributed by atoms with Crippen molar-refractivity contribution in [2.24, 2.45) is 5.73 Å². The van der Waals surface area contributed by atoms with Crippen LogP contribution >= 0.6 is 0 Å². The van der Waals surface area contributed by atoms with Crippen LogP contribution < -0.4 is 5.73 Å². The Hall–Kier alpha value is -0.160. The van der Waals surface area contributed by atoms with Crippen molar-refractivity contribution in [2.75, 3.05) is 39.8 Å². The lowest BCUT2D eigenvalue weighted by Crippen LogP contribution is -2.46. The summed E-state index contributed by atoms with van der Waals surface area (Å²) >= 11 is 0. The van der Waals surface area contributed by atoms with Crippen LogP contribution in [0.5, 0.6) is 0 Å². The highest BCUT2D eigenvalue weighted by Gasteiger charge is 2.22. The topological polar surface area (TPSA) is 52.7 Å². The van der Waals surface area contributed by atoms with E-state index in [4.69, 9.17) is 10.8 Å². The Morgan fingerprint density at radius 1 is 1.44 bits per heavy atom. The summed E-state index contributed by atoms with van der Waals surface area (Å²) in [7, 11) is 2.19. The summed E-state index contributed by atoms with van der Waals surface area (Å²) in [5.74, 6) is 0. The van der Waals surface area contributed by atoms with E-state index in [9.17, 15) is 0 Å². The van der Waals surface area contributed by atoms with Gasteiger partial charge in [-0.1, -0.05) is 6.92 Å². The van der Waals surface area contributed by atoms with Gasteiger partial charge in [0, 0.05) is 31.8 Å². The molecule has 4 nitrogen and oxygen atoms in total. The first kappa shape index (κ1) is 13.9. The van der Waals surface area contributed by atoms with Crippen molar-refractivity contribution >= 4 is 0 Å². The first-order valence-corrected chi connectivity index (χ1v) is 6.46. The lowest BCUT2D eigenvalue weighted by atomic mass is 10.1. The molecule has 1 saturated heterocycles. The first-order chi connectivity index (χ1) is 7.67. The Balaban J connectivity index is 2.47. The average molecular weight is 229 g/mol. The first-order valence-electron chi connectivity index (χ1n) is 6.46. The number of rotatable bonds is 5. The Morgan fingerprint density at radius 2 is 2.19 bits per heavy atom. The van der Waals surface area contributed by atoms with Crippen LogP contribution in [0.2, 0.25) is 0 Å². The van der Waals surface area contributed by atoms with Gasteiger partial charge in [-0.25, -0.2) is 0 Å². The molecule has 1 aliphatic rings. The second kappa shape index (κ2) is 7.22. The highest BCUT2D eigenvalue weighted by molar-refractivity contribution is 4.80. The van der Waals surface area contributed by atoms with Crippen LogP contribution in [0.1, 0.15) is 26.2 Å². The van der Waals surface area contributed by atoms with E-state index in [0.717, 1.165) is 19.6 Å². The molecule has 1 rings (SSSR count). The molecule has 0 aromatic heterocycles. The molecule has 1 heterocycles. The standard InChI is InChI=1S/C12H27N3O/c1-3-12-10-14(2)6-4-7-15(12)9-11(13)5-8-16/h11-12,16H,3-10,13H2,1-2H3. The van der Waals surface area contributed by atoms with Gasteiger partial charge in [0.05, 0.1) is 0 Å². The van der Waals surface area contributed by atoms with Gasteiger partial charge in [0.1, 0.15) is 0 Å². The molecule has 0 amide bonds. The van der Waals surface area contributed by atoms with E-state index in [-0.39, 0.29) is 12.6 Å². The number of likely N-dealkylation sites (N-methyl/N-ethyl adjacent to an activating group) is 1. The van der Waals surface area contributed by atoms with Gasteiger partial charge in [-0.15, -0.1) is 0 Å². The summed E-state index contributed by atoms with van der Waals surface area (Å²) < 4.78 is 0. The molecule has 0 radical (unpaired) electrons. The molecule has 96 valence electrons. The molecular weight excluding hydrogens is 202 g/mol. The second-order valence-electron chi connectivity index (χ2n) is 4.95. The zero-order valence-electron chi connectivity index (χ0n) is 10.7. The molecule has 1 fully saturated rings. The van der Waals surface area contributed by atoms with E-state index >= 15 is 0 Å². The van der Waals surface area contributed by atoms with E-state index in [1.54, 1.807) is 0 Å². The van der Waals surface area contributed by atoms with E-state index in [0.29, 0.717) is 12.5 Å². The minimum atomic E-state index is 0.113. The highest BCUT2D eigenvalue weighted by atomic mass is 16.3. The largest absolute Gasteiger partial charge is 0.396 e. The number of nitrogens with two attached hydrogens (primary N) is 1. The van der Waals surface area contributed by atoms with Crippen LogP contribution in [-0.2, 0) is 0 Å². The molecule has 16 heavy (non-hydrogen) atoms. The summed E-state index contributed by atoms with van der Waals surface area (Å²) in [6, 6.07) is 0.736. The van der Waals surface area contributed by atoms with Gasteiger partial charge in [-0.3, -0.25) is 4.90 Å². The SMILES string of the molecule is CCC1CN(C)CCCN1CC(N)CCO. The predicted octanol–water partition coefficient (Wildman–Crippen LogP) is 0.112. The van der Waals surface area contributed by atoms with Gasteiger partial charge < -0.3 is 15.7 Å². The van der Waals surface area contributed by atoms with E-state index in [2.05, 4.69) is 23.8 Å². The fourth-order valence-electron chi connectivity index (χ4n) is 2.48. The molecule has 1 aliphatic heterocycles. The Morgan fingerprint density at radius 3 is 2.81 bits per heavy atom. The Kier molecular flexibility index (Phi) is 6.28. The van der Waals surface area contributed by atoms with Crippen molar-refractivity contribution in [3.8, 4) is 0 Å². The number of aliphatic hydroxyl groups is 1. The second-order valence-corrected chi connectivity index (χ2v) is 4.95. The third kappa shape index (κ3) is 4.37. The van der Waals surface area contributed by atoms with Crippen molar-refractivity contribution < 1.29 is 5.11 Å². The molecule has 2 unspecified atom stereocenters. The van der Waals surface area contributed by atoms with Crippen LogP contribution in [0.15, 0.2) is 0 Å². The molecule has 0 aromatic carbocycles. The summed E-state index contributed by atoms with van der Waals surface area (Å²) in [4.78, 5) is 4.91. The van der Waals surface area contributed by atoms with Crippen molar-refractivity contribution in [2.45, 2.75) is 38.3 Å². The minimum absolute atomic E-state index is 0.113. The minimum Gasteiger partial charge on any atom is -0.396 e. The number of aliphatic hydroxyl groups excluding tert-OH is 1. The van der Waals surface area contributed by atoms with Crippen molar-refractivity contribution in [1.29, 1.82) is 0 Å². The molecular formula is C12H27N3O. The molecule has 0 aliphatic carbocycles. The Labute approximate surface area is 99.4 Å². The quantitative estimate of drug-likeness (QED) is 0.703. The van der Waals surface area contributed by atoms with Crippen LogP contribution in [0, 0.1) is 0 Å². The van der Waals surface area contributed by atoms with E-state index in [1.165, 1.54) is 19.4 Å². The molecule has 0 bridgehead atoms. The maximum absolute atomic E-state index is 8.88. The van der Waals surface area contributed by atoms with Gasteiger partial charge >= 0.3 is 0 Å². The van der Waals surface area contributed by atoms with E-state index < -0.39 is 0 Å². The van der Waals surface area contributed by atoms with Crippen molar-refractivity contribution in [3.05, 3.63) is 0 Å². The Bertz CT molecular complexity index is 189. The summed E-state index contributed by atoms with van der Waals surface area (Å²) in [5, 5.41) is 8.88. The summed E-state index contributed by atoms with van der Waals surface area (Å²) in [6.45, 7) is 6.83. The van der Waals surface area contributed by atoms with Crippen LogP contribution in [0.3, 0.4) is 0 Å². The molecule has 4 heteroatoms. The smallest absolute Gasteiger partial charge is 0.0446 e. The zero-order chi connectivity index (χ0) is 12.0. The van der Waals surface area contributed by atoms with Crippen molar-refractivity contribution in [3.63, 3.8) is 0 Å². The molecule has 3 N–H and O–H groups in total. The molecule has 0 aromatic rings. The van der Waals surface area contributed by atoms with Crippen molar-refractivity contribution in [1.82, 2.24) is 9.80 Å². The van der Waals surface area contributed by atoms with Gasteiger partial charge in [0.2, 0.25) is 0 Å². The summed E-state index contributed by atoms with van der Waals surface area (Å²) in [6.07, 6.45) is 3.11. The average Bonchev–Trinajstić information content (AvgIpc) is 2.41. The van der Waals surface area contributed by atoms with Gasteiger partial charge in [0.15, 0.2) is 0 Å². The van der Waals surface area contributed by atoms with Gasteiger partial charge in [-0.05, 0) is 39.4 Å². The fraction of sp³-hybridized carbons (Fsp3) is 1.00. The molecule has 0 spiro atoms. The molecule has 2 atom stereocenters. The van der Waals surface area contributed by atoms with Crippen LogP contribution in [0.4, 0.5) is 0 Å². The maximum Gasteiger partial charge on any atom is 0.0446 e. The van der Waals surface area contributed by atoms with Crippen LogP contribution in [-0.4, -0.2) is 66.8 Å². The van der Waals surface area contributed by atoms with Gasteiger partial charge in [0.25, 0.3) is 0 Å². The monoisotopic (exact) mass is 229 g/mol. The van der Waals surface area contributed by atoms with Gasteiger partial charge in [-0.2, -0.15) is 0 Å². The predicted molar refractivity (Wildman–Crippen MR) is 67.4 cm³/mol. The van der Waals surface area contributed by atoms with Crippen LogP contribution in [0.25, 0.3) is 0 Å². The maximum atomic E-state index is 8.88. The number of nitrogens with zero attached hydrogens (tertiary/aromatic N) is 2. The fourth-order valence-corrected chi connectivity index (χ4v) is 2.48. The zero-order valence-corrected chi connectivity index (χ0v) is 10.7. The normalized spacial score (nSPS) is 26.6. The number of hydrogen-bond donors (Lipinski definition) is 2. The highest BCUT2D eigenvalue weighted by Crippen LogP contribution is 2.12. The lowest BCUT2D eigenvalue weighted by molar-refractivity contribution is 0.164. The third-order valence-electron chi connectivity index (χ3n) is 3.46. The molecule has 0 saturated carbocycles. The summed E-state index contributed by atoms with van der Waals surface area (Å²) in [5.41, 5.74) is 6.00. The number of hydrogen-bond acceptors (Lipinski definition) is 4. The third-order valence-corrected chi connectivity index (χ3v) is 3.46. The van der Waals surface area contributed by atoms with E-state index in [1.807, 2.05) is 0 Å².